The van der Waals surface area contributed by atoms with Gasteiger partial charge < -0.3 is 0 Å². The molecule has 7 heavy (non-hydrogen) atoms. The molecule has 44 valence electrons. The summed E-state index contributed by atoms with van der Waals surface area (Å²) < 4.78 is 0. The lowest BCUT2D eigenvalue weighted by atomic mass is 10.6. The molecule has 0 aliphatic heterocycles. The van der Waals surface area contributed by atoms with Crippen molar-refractivity contribution in [1.82, 2.24) is 0 Å². The number of alkyl halides is 4. The van der Waals surface area contributed by atoms with Crippen molar-refractivity contribution in [2.24, 2.45) is 0 Å². The Morgan fingerprint density at radius 2 is 1.71 bits per heavy atom. The van der Waals surface area contributed by atoms with Crippen LogP contribution in [0.2, 0.25) is 0 Å². The molecule has 0 unspecified atom stereocenters. The minimum Gasteiger partial charge on any atom is -0.119 e. The third kappa shape index (κ3) is 3.89. The van der Waals surface area contributed by atoms with Crippen LogP contribution in [0.5, 0.6) is 0 Å². The average molecular weight is 226 g/mol. The van der Waals surface area contributed by atoms with E-state index in [0.29, 0.717) is 5.33 Å². The first-order valence-electron chi connectivity index (χ1n) is 1.66. The van der Waals surface area contributed by atoms with E-state index >= 15 is 0 Å². The van der Waals surface area contributed by atoms with E-state index < -0.39 is 4.84 Å². The molecule has 0 aromatic rings. The van der Waals surface area contributed by atoms with Gasteiger partial charge in [0.1, 0.15) is 4.84 Å². The van der Waals surface area contributed by atoms with Crippen molar-refractivity contribution >= 4 is 50.7 Å². The van der Waals surface area contributed by atoms with E-state index in [-0.39, 0.29) is 5.38 Å². The second-order valence-corrected chi connectivity index (χ2v) is 3.38. The molecule has 0 radical (unpaired) electrons. The summed E-state index contributed by atoms with van der Waals surface area (Å²) in [5, 5.41) is 0.454. The summed E-state index contributed by atoms with van der Waals surface area (Å²) in [5.41, 5.74) is 0. The summed E-state index contributed by atoms with van der Waals surface area (Å²) >= 11 is 19.3. The van der Waals surface area contributed by atoms with Gasteiger partial charge in [-0.3, -0.25) is 0 Å². The van der Waals surface area contributed by atoms with Gasteiger partial charge in [-0.05, 0) is 0 Å². The van der Waals surface area contributed by atoms with Crippen molar-refractivity contribution in [3.63, 3.8) is 0 Å². The lowest BCUT2D eigenvalue weighted by molar-refractivity contribution is 1.07. The first-order valence-corrected chi connectivity index (χ1v) is 4.09. The quantitative estimate of drug-likeness (QED) is 0.635. The van der Waals surface area contributed by atoms with Gasteiger partial charge in [0.15, 0.2) is 0 Å². The van der Waals surface area contributed by atoms with Gasteiger partial charge >= 0.3 is 0 Å². The Hall–Kier alpha value is 1.35. The Bertz CT molecular complexity index is 47.4. The minimum absolute atomic E-state index is 0.177. The van der Waals surface area contributed by atoms with Gasteiger partial charge in [0.25, 0.3) is 0 Å². The van der Waals surface area contributed by atoms with E-state index in [1.807, 2.05) is 0 Å². The zero-order chi connectivity index (χ0) is 5.86. The normalized spacial score (nSPS) is 15.0. The standard InChI is InChI=1S/C3H4BrCl3/c4-1-2(5)3(6)7/h2-3H,1H2/t2-/m1/s1. The van der Waals surface area contributed by atoms with E-state index in [0.717, 1.165) is 0 Å². The highest BCUT2D eigenvalue weighted by molar-refractivity contribution is 9.09. The molecular weight excluding hydrogens is 222 g/mol. The van der Waals surface area contributed by atoms with Crippen LogP contribution in [0.1, 0.15) is 0 Å². The van der Waals surface area contributed by atoms with Crippen LogP contribution in [0.4, 0.5) is 0 Å². The first kappa shape index (κ1) is 8.35. The zero-order valence-corrected chi connectivity index (χ0v) is 7.23. The molecule has 0 aromatic heterocycles. The molecule has 0 rings (SSSR count). The second-order valence-electron chi connectivity index (χ2n) is 1.00. The SMILES string of the molecule is ClC(Cl)[C@H](Cl)CBr. The van der Waals surface area contributed by atoms with Crippen LogP contribution in [0.25, 0.3) is 0 Å². The van der Waals surface area contributed by atoms with Crippen molar-refractivity contribution in [1.29, 1.82) is 0 Å². The van der Waals surface area contributed by atoms with E-state index in [4.69, 9.17) is 34.8 Å². The van der Waals surface area contributed by atoms with E-state index in [1.54, 1.807) is 0 Å². The molecule has 0 fully saturated rings. The molecule has 0 heterocycles. The van der Waals surface area contributed by atoms with Gasteiger partial charge in [0, 0.05) is 5.33 Å². The Morgan fingerprint density at radius 1 is 1.29 bits per heavy atom. The predicted molar refractivity (Wildman–Crippen MR) is 38.9 cm³/mol. The molecule has 0 nitrogen and oxygen atoms in total. The molecule has 0 saturated heterocycles. The lowest BCUT2D eigenvalue weighted by Crippen LogP contribution is -2.08. The van der Waals surface area contributed by atoms with Crippen molar-refractivity contribution in [2.75, 3.05) is 5.33 Å². The summed E-state index contributed by atoms with van der Waals surface area (Å²) in [6, 6.07) is 0. The Balaban J connectivity index is 3.14. The van der Waals surface area contributed by atoms with Crippen molar-refractivity contribution in [3.8, 4) is 0 Å². The molecule has 0 N–H and O–H groups in total. The maximum Gasteiger partial charge on any atom is 0.124 e. The third-order valence-corrected chi connectivity index (χ3v) is 2.76. The Morgan fingerprint density at radius 3 is 1.71 bits per heavy atom. The van der Waals surface area contributed by atoms with Crippen LogP contribution in [0.3, 0.4) is 0 Å². The third-order valence-electron chi connectivity index (χ3n) is 0.421. The molecular formula is C3H4BrCl3. The Labute approximate surface area is 66.2 Å². The van der Waals surface area contributed by atoms with Crippen LogP contribution in [-0.2, 0) is 0 Å². The highest BCUT2D eigenvalue weighted by Crippen LogP contribution is 2.15. The maximum absolute atomic E-state index is 5.49. The van der Waals surface area contributed by atoms with Crippen LogP contribution in [0, 0.1) is 0 Å². The topological polar surface area (TPSA) is 0 Å². The zero-order valence-electron chi connectivity index (χ0n) is 3.37. The molecule has 0 amide bonds. The van der Waals surface area contributed by atoms with Crippen molar-refractivity contribution < 1.29 is 0 Å². The fraction of sp³-hybridized carbons (Fsp3) is 1.00. The highest BCUT2D eigenvalue weighted by atomic mass is 79.9. The van der Waals surface area contributed by atoms with Crippen molar-refractivity contribution in [3.05, 3.63) is 0 Å². The van der Waals surface area contributed by atoms with E-state index in [2.05, 4.69) is 15.9 Å². The van der Waals surface area contributed by atoms with E-state index in [9.17, 15) is 0 Å². The molecule has 0 aliphatic rings. The molecule has 1 atom stereocenters. The van der Waals surface area contributed by atoms with Crippen LogP contribution in [-0.4, -0.2) is 15.5 Å². The summed E-state index contributed by atoms with van der Waals surface area (Å²) in [5.74, 6) is 0. The van der Waals surface area contributed by atoms with Gasteiger partial charge in [-0.15, -0.1) is 34.8 Å². The molecule has 4 heteroatoms. The highest BCUT2D eigenvalue weighted by Gasteiger charge is 2.10. The van der Waals surface area contributed by atoms with Crippen LogP contribution >= 0.6 is 50.7 Å². The predicted octanol–water partition coefficient (Wildman–Crippen LogP) is 2.79. The van der Waals surface area contributed by atoms with Gasteiger partial charge in [-0.1, -0.05) is 15.9 Å². The first-order chi connectivity index (χ1) is 3.18. The Kier molecular flexibility index (Phi) is 5.07. The fourth-order valence-electron chi connectivity index (χ4n) is 0.0673. The average Bonchev–Trinajstić information content (AvgIpc) is 1.65. The smallest absolute Gasteiger partial charge is 0.119 e. The largest absolute Gasteiger partial charge is 0.124 e. The second kappa shape index (κ2) is 4.25. The van der Waals surface area contributed by atoms with Crippen LogP contribution < -0.4 is 0 Å². The summed E-state index contributed by atoms with van der Waals surface area (Å²) in [6.07, 6.45) is 0. The summed E-state index contributed by atoms with van der Waals surface area (Å²) in [4.78, 5) is -0.471. The number of halogens is 4. The lowest BCUT2D eigenvalue weighted by Gasteiger charge is -2.02. The minimum atomic E-state index is -0.471. The molecule has 0 bridgehead atoms. The maximum atomic E-state index is 5.49. The molecule has 0 spiro atoms. The summed E-state index contributed by atoms with van der Waals surface area (Å²) in [7, 11) is 0. The van der Waals surface area contributed by atoms with Gasteiger partial charge in [0.2, 0.25) is 0 Å². The van der Waals surface area contributed by atoms with Gasteiger partial charge in [-0.25, -0.2) is 0 Å². The number of rotatable bonds is 2. The summed E-state index contributed by atoms with van der Waals surface area (Å²) in [6.45, 7) is 0. The molecule has 0 aromatic carbocycles. The van der Waals surface area contributed by atoms with E-state index in [1.165, 1.54) is 0 Å². The van der Waals surface area contributed by atoms with Gasteiger partial charge in [0.05, 0.1) is 5.38 Å². The number of hydrogen-bond acceptors (Lipinski definition) is 0. The molecule has 0 saturated carbocycles. The fourth-order valence-corrected chi connectivity index (χ4v) is 1.05. The van der Waals surface area contributed by atoms with Crippen molar-refractivity contribution in [2.45, 2.75) is 10.2 Å². The number of hydrogen-bond donors (Lipinski definition) is 0. The van der Waals surface area contributed by atoms with Gasteiger partial charge in [-0.2, -0.15) is 0 Å². The molecule has 0 aliphatic carbocycles. The van der Waals surface area contributed by atoms with Crippen LogP contribution in [0.15, 0.2) is 0 Å². The monoisotopic (exact) mass is 224 g/mol.